The molecule has 1 fully saturated rings. The number of piperidine rings is 1. The topological polar surface area (TPSA) is 110 Å². The fourth-order valence-corrected chi connectivity index (χ4v) is 4.00. The van der Waals surface area contributed by atoms with Crippen LogP contribution in [0.25, 0.3) is 0 Å². The van der Waals surface area contributed by atoms with Crippen molar-refractivity contribution in [2.75, 3.05) is 18.4 Å². The minimum Gasteiger partial charge on any atom is -0.342 e. The molecule has 1 aliphatic rings. The van der Waals surface area contributed by atoms with Crippen molar-refractivity contribution in [1.82, 2.24) is 4.90 Å². The molecule has 2 aromatic carbocycles. The van der Waals surface area contributed by atoms with Gasteiger partial charge in [-0.1, -0.05) is 29.8 Å². The van der Waals surface area contributed by atoms with Gasteiger partial charge >= 0.3 is 0 Å². The molecule has 7 nitrogen and oxygen atoms in total. The van der Waals surface area contributed by atoms with E-state index in [0.717, 1.165) is 5.56 Å². The average molecular weight is 436 g/mol. The number of carbonyl (C=O) groups excluding carboxylic acids is 2. The number of anilines is 1. The maximum absolute atomic E-state index is 12.5. The standard InChI is InChI=1S/C20H22ClN3O4S/c21-18-4-2-1-3-15(18)13-19(25)24-11-9-14(10-12-24)20(26)23-16-5-7-17(8-6-16)29(22,27)28/h1-8,14H,9-13H2,(H,23,26)(H2,22,27,28). The summed E-state index contributed by atoms with van der Waals surface area (Å²) in [6, 6.07) is 13.0. The molecule has 0 atom stereocenters. The third kappa shape index (κ3) is 5.56. The van der Waals surface area contributed by atoms with Crippen LogP contribution < -0.4 is 10.5 Å². The van der Waals surface area contributed by atoms with Crippen LogP contribution in [-0.2, 0) is 26.0 Å². The van der Waals surface area contributed by atoms with E-state index < -0.39 is 10.0 Å². The number of rotatable bonds is 5. The highest BCUT2D eigenvalue weighted by atomic mass is 35.5. The first-order valence-electron chi connectivity index (χ1n) is 9.19. The summed E-state index contributed by atoms with van der Waals surface area (Å²) in [5.41, 5.74) is 1.29. The zero-order valence-electron chi connectivity index (χ0n) is 15.7. The molecule has 0 aromatic heterocycles. The smallest absolute Gasteiger partial charge is 0.238 e. The van der Waals surface area contributed by atoms with Gasteiger partial charge in [-0.25, -0.2) is 13.6 Å². The number of halogens is 1. The van der Waals surface area contributed by atoms with E-state index in [1.54, 1.807) is 11.0 Å². The molecule has 154 valence electrons. The Morgan fingerprint density at radius 1 is 1.07 bits per heavy atom. The third-order valence-corrected chi connectivity index (χ3v) is 6.27. The molecule has 9 heteroatoms. The lowest BCUT2D eigenvalue weighted by atomic mass is 9.95. The van der Waals surface area contributed by atoms with E-state index in [4.69, 9.17) is 16.7 Å². The minimum absolute atomic E-state index is 0.00413. The number of nitrogens with two attached hydrogens (primary N) is 1. The highest BCUT2D eigenvalue weighted by Crippen LogP contribution is 2.22. The van der Waals surface area contributed by atoms with Crippen molar-refractivity contribution in [3.63, 3.8) is 0 Å². The van der Waals surface area contributed by atoms with Gasteiger partial charge in [-0.3, -0.25) is 9.59 Å². The predicted octanol–water partition coefficient (Wildman–Crippen LogP) is 2.41. The van der Waals surface area contributed by atoms with Crippen LogP contribution in [0.3, 0.4) is 0 Å². The second-order valence-electron chi connectivity index (χ2n) is 6.98. The van der Waals surface area contributed by atoms with Crippen molar-refractivity contribution in [3.05, 3.63) is 59.1 Å². The van der Waals surface area contributed by atoms with E-state index >= 15 is 0 Å². The highest BCUT2D eigenvalue weighted by Gasteiger charge is 2.27. The zero-order chi connectivity index (χ0) is 21.0. The Balaban J connectivity index is 1.51. The predicted molar refractivity (Wildman–Crippen MR) is 111 cm³/mol. The van der Waals surface area contributed by atoms with Gasteiger partial charge in [0.05, 0.1) is 11.3 Å². The van der Waals surface area contributed by atoms with Crippen LogP contribution in [-0.4, -0.2) is 38.2 Å². The summed E-state index contributed by atoms with van der Waals surface area (Å²) >= 11 is 6.12. The SMILES string of the molecule is NS(=O)(=O)c1ccc(NC(=O)C2CCN(C(=O)Cc3ccccc3Cl)CC2)cc1. The third-order valence-electron chi connectivity index (χ3n) is 4.97. The van der Waals surface area contributed by atoms with E-state index in [1.165, 1.54) is 24.3 Å². The van der Waals surface area contributed by atoms with Crippen molar-refractivity contribution < 1.29 is 18.0 Å². The molecule has 0 unspecified atom stereocenters. The molecular formula is C20H22ClN3O4S. The zero-order valence-corrected chi connectivity index (χ0v) is 17.2. The molecule has 0 saturated carbocycles. The maximum Gasteiger partial charge on any atom is 0.238 e. The number of carbonyl (C=O) groups is 2. The molecular weight excluding hydrogens is 414 g/mol. The number of benzene rings is 2. The van der Waals surface area contributed by atoms with E-state index in [0.29, 0.717) is 36.6 Å². The number of amides is 2. The van der Waals surface area contributed by atoms with Gasteiger partial charge in [0.1, 0.15) is 0 Å². The maximum atomic E-state index is 12.5. The van der Waals surface area contributed by atoms with Crippen molar-refractivity contribution in [2.45, 2.75) is 24.2 Å². The van der Waals surface area contributed by atoms with Crippen molar-refractivity contribution in [3.8, 4) is 0 Å². The normalized spacial score (nSPS) is 15.2. The molecule has 3 rings (SSSR count). The van der Waals surface area contributed by atoms with E-state index in [1.807, 2.05) is 18.2 Å². The Morgan fingerprint density at radius 3 is 2.28 bits per heavy atom. The second-order valence-corrected chi connectivity index (χ2v) is 8.95. The quantitative estimate of drug-likeness (QED) is 0.751. The van der Waals surface area contributed by atoms with E-state index in [-0.39, 0.29) is 29.0 Å². The van der Waals surface area contributed by atoms with Gasteiger partial charge in [0.25, 0.3) is 0 Å². The number of hydrogen-bond acceptors (Lipinski definition) is 4. The summed E-state index contributed by atoms with van der Waals surface area (Å²) in [5.74, 6) is -0.362. The van der Waals surface area contributed by atoms with E-state index in [2.05, 4.69) is 5.32 Å². The van der Waals surface area contributed by atoms with Crippen LogP contribution in [0.1, 0.15) is 18.4 Å². The first-order valence-corrected chi connectivity index (χ1v) is 11.1. The number of primary sulfonamides is 1. The van der Waals surface area contributed by atoms with Crippen LogP contribution in [0, 0.1) is 5.92 Å². The summed E-state index contributed by atoms with van der Waals surface area (Å²) < 4.78 is 22.6. The molecule has 3 N–H and O–H groups in total. The molecule has 0 radical (unpaired) electrons. The lowest BCUT2D eigenvalue weighted by Gasteiger charge is -2.31. The van der Waals surface area contributed by atoms with Gasteiger partial charge < -0.3 is 10.2 Å². The number of likely N-dealkylation sites (tertiary alicyclic amines) is 1. The molecule has 29 heavy (non-hydrogen) atoms. The van der Waals surface area contributed by atoms with Gasteiger partial charge in [0.15, 0.2) is 0 Å². The van der Waals surface area contributed by atoms with Crippen molar-refractivity contribution in [1.29, 1.82) is 0 Å². The van der Waals surface area contributed by atoms with Crippen LogP contribution in [0.4, 0.5) is 5.69 Å². The Labute approximate surface area is 174 Å². The van der Waals surface area contributed by atoms with Crippen LogP contribution >= 0.6 is 11.6 Å². The molecule has 2 amide bonds. The molecule has 1 heterocycles. The van der Waals surface area contributed by atoms with Gasteiger partial charge in [0.2, 0.25) is 21.8 Å². The van der Waals surface area contributed by atoms with Gasteiger partial charge in [-0.05, 0) is 48.7 Å². The minimum atomic E-state index is -3.77. The fraction of sp³-hybridized carbons (Fsp3) is 0.300. The van der Waals surface area contributed by atoms with Crippen LogP contribution in [0.5, 0.6) is 0 Å². The molecule has 0 spiro atoms. The van der Waals surface area contributed by atoms with Crippen LogP contribution in [0.15, 0.2) is 53.4 Å². The van der Waals surface area contributed by atoms with Crippen molar-refractivity contribution >= 4 is 39.1 Å². The Morgan fingerprint density at radius 2 is 1.69 bits per heavy atom. The molecule has 1 saturated heterocycles. The summed E-state index contributed by atoms with van der Waals surface area (Å²) in [7, 11) is -3.77. The Hall–Kier alpha value is -2.42. The van der Waals surface area contributed by atoms with Gasteiger partial charge in [-0.2, -0.15) is 0 Å². The highest BCUT2D eigenvalue weighted by molar-refractivity contribution is 7.89. The summed E-state index contributed by atoms with van der Waals surface area (Å²) in [4.78, 5) is 26.7. The Kier molecular flexibility index (Phi) is 6.56. The first kappa shape index (κ1) is 21.3. The number of hydrogen-bond donors (Lipinski definition) is 2. The number of nitrogens with one attached hydrogen (secondary N) is 1. The molecule has 1 aliphatic heterocycles. The first-order chi connectivity index (χ1) is 13.7. The number of nitrogens with zero attached hydrogens (tertiary/aromatic N) is 1. The molecule has 2 aromatic rings. The lowest BCUT2D eigenvalue weighted by molar-refractivity contribution is -0.133. The largest absolute Gasteiger partial charge is 0.342 e. The molecule has 0 bridgehead atoms. The van der Waals surface area contributed by atoms with Gasteiger partial charge in [-0.15, -0.1) is 0 Å². The Bertz CT molecular complexity index is 1000. The van der Waals surface area contributed by atoms with Gasteiger partial charge in [0, 0.05) is 29.7 Å². The molecule has 0 aliphatic carbocycles. The lowest BCUT2D eigenvalue weighted by Crippen LogP contribution is -2.42. The summed E-state index contributed by atoms with van der Waals surface area (Å²) in [6.07, 6.45) is 1.37. The summed E-state index contributed by atoms with van der Waals surface area (Å²) in [5, 5.41) is 8.42. The fourth-order valence-electron chi connectivity index (χ4n) is 3.28. The number of sulfonamides is 1. The summed E-state index contributed by atoms with van der Waals surface area (Å²) in [6.45, 7) is 1.01. The van der Waals surface area contributed by atoms with E-state index in [9.17, 15) is 18.0 Å². The van der Waals surface area contributed by atoms with Crippen molar-refractivity contribution in [2.24, 2.45) is 11.1 Å². The van der Waals surface area contributed by atoms with Crippen LogP contribution in [0.2, 0.25) is 5.02 Å². The average Bonchev–Trinajstić information content (AvgIpc) is 2.69. The monoisotopic (exact) mass is 435 g/mol. The second kappa shape index (κ2) is 8.94.